The Kier molecular flexibility index (Phi) is 6.54. The maximum absolute atomic E-state index is 10.1. The molecule has 7 aromatic carbocycles. The number of fused-ring (bicyclic) bond motifs is 1. The molecule has 7 aromatic rings. The number of benzene rings is 7. The number of aryl methyl sites for hydroxylation is 2. The second-order valence-electron chi connectivity index (χ2n) is 12.6. The summed E-state index contributed by atoms with van der Waals surface area (Å²) in [7, 11) is 0. The van der Waals surface area contributed by atoms with Gasteiger partial charge in [-0.3, -0.25) is 0 Å². The topological polar surface area (TPSA) is 30.3 Å². The van der Waals surface area contributed by atoms with E-state index in [0.717, 1.165) is 37.2 Å². The number of rotatable bonds is 5. The first-order valence-electron chi connectivity index (χ1n) is 16.6. The first kappa shape index (κ1) is 27.5. The number of nitrogens with zero attached hydrogens (tertiary/aromatic N) is 3. The summed E-state index contributed by atoms with van der Waals surface area (Å²) in [6.45, 7) is 1.04. The highest BCUT2D eigenvalue weighted by molar-refractivity contribution is 6.17. The SMILES string of the molecule is N#Cc1ccccc1N(C1=c2ccc3ccc(-c4ccc(N5CCCc6ccccc65)cc4)c4ccc(c2c34)CC1)c1ccccc1. The molecule has 0 radical (unpaired) electrons. The van der Waals surface area contributed by atoms with Crippen LogP contribution in [0.4, 0.5) is 22.7 Å². The van der Waals surface area contributed by atoms with Crippen molar-refractivity contribution in [2.45, 2.75) is 25.7 Å². The van der Waals surface area contributed by atoms with Crippen LogP contribution in [0.2, 0.25) is 0 Å². The Labute approximate surface area is 275 Å². The molecule has 0 amide bonds. The van der Waals surface area contributed by atoms with E-state index in [2.05, 4.69) is 131 Å². The molecule has 0 fully saturated rings. The van der Waals surface area contributed by atoms with Gasteiger partial charge in [-0.1, -0.05) is 97.1 Å². The molecule has 1 heterocycles. The van der Waals surface area contributed by atoms with Crippen molar-refractivity contribution in [1.82, 2.24) is 0 Å². The summed E-state index contributed by atoms with van der Waals surface area (Å²) in [6.07, 6.45) is 4.16. The third-order valence-electron chi connectivity index (χ3n) is 10.1. The average molecular weight is 604 g/mol. The van der Waals surface area contributed by atoms with Gasteiger partial charge in [-0.15, -0.1) is 0 Å². The summed E-state index contributed by atoms with van der Waals surface area (Å²) < 4.78 is 0. The van der Waals surface area contributed by atoms with Crippen molar-refractivity contribution in [2.75, 3.05) is 16.3 Å². The fourth-order valence-corrected chi connectivity index (χ4v) is 7.94. The van der Waals surface area contributed by atoms with Crippen LogP contribution in [0.25, 0.3) is 38.4 Å². The molecule has 0 aromatic heterocycles. The van der Waals surface area contributed by atoms with Crippen molar-refractivity contribution in [3.8, 4) is 17.2 Å². The van der Waals surface area contributed by atoms with Crippen LogP contribution in [0.1, 0.15) is 29.5 Å². The van der Waals surface area contributed by atoms with Crippen LogP contribution < -0.4 is 15.0 Å². The quantitative estimate of drug-likeness (QED) is 0.196. The zero-order valence-corrected chi connectivity index (χ0v) is 26.2. The largest absolute Gasteiger partial charge is 0.341 e. The molecule has 224 valence electrons. The van der Waals surface area contributed by atoms with Crippen molar-refractivity contribution in [3.63, 3.8) is 0 Å². The molecule has 3 heteroatoms. The number of hydrogen-bond acceptors (Lipinski definition) is 3. The van der Waals surface area contributed by atoms with Gasteiger partial charge in [-0.05, 0) is 112 Å². The Morgan fingerprint density at radius 1 is 0.617 bits per heavy atom. The van der Waals surface area contributed by atoms with Gasteiger partial charge in [-0.25, -0.2) is 0 Å². The molecule has 0 bridgehead atoms. The van der Waals surface area contributed by atoms with Gasteiger partial charge in [0.2, 0.25) is 0 Å². The minimum absolute atomic E-state index is 0.674. The molecule has 3 nitrogen and oxygen atoms in total. The fourth-order valence-electron chi connectivity index (χ4n) is 7.94. The van der Waals surface area contributed by atoms with E-state index < -0.39 is 0 Å². The zero-order chi connectivity index (χ0) is 31.3. The summed E-state index contributed by atoms with van der Waals surface area (Å²) in [5.74, 6) is 0. The van der Waals surface area contributed by atoms with E-state index in [9.17, 15) is 5.26 Å². The average Bonchev–Trinajstić information content (AvgIpc) is 3.15. The van der Waals surface area contributed by atoms with Crippen LogP contribution in [0.5, 0.6) is 0 Å². The first-order chi connectivity index (χ1) is 23.3. The van der Waals surface area contributed by atoms with Gasteiger partial charge in [0.05, 0.1) is 11.3 Å². The second kappa shape index (κ2) is 11.2. The van der Waals surface area contributed by atoms with Gasteiger partial charge < -0.3 is 9.80 Å². The summed E-state index contributed by atoms with van der Waals surface area (Å²) in [6, 6.07) is 52.7. The van der Waals surface area contributed by atoms with Crippen molar-refractivity contribution in [3.05, 3.63) is 161 Å². The van der Waals surface area contributed by atoms with Crippen LogP contribution in [-0.2, 0) is 12.8 Å². The maximum atomic E-state index is 10.1. The van der Waals surface area contributed by atoms with E-state index in [1.165, 1.54) is 72.5 Å². The molecule has 2 aliphatic rings. The Balaban J connectivity index is 1.22. The Morgan fingerprint density at radius 2 is 1.40 bits per heavy atom. The van der Waals surface area contributed by atoms with E-state index in [1.807, 2.05) is 24.3 Å². The van der Waals surface area contributed by atoms with E-state index in [0.29, 0.717) is 5.56 Å². The van der Waals surface area contributed by atoms with E-state index >= 15 is 0 Å². The summed E-state index contributed by atoms with van der Waals surface area (Å²) in [5.41, 5.74) is 11.8. The third kappa shape index (κ3) is 4.48. The Morgan fingerprint density at radius 3 is 2.28 bits per heavy atom. The van der Waals surface area contributed by atoms with Gasteiger partial charge in [-0.2, -0.15) is 5.26 Å². The molecule has 0 saturated carbocycles. The lowest BCUT2D eigenvalue weighted by molar-refractivity contribution is 0.767. The molecule has 0 unspecified atom stereocenters. The number of hydrogen-bond donors (Lipinski definition) is 0. The Hall–Kier alpha value is -5.85. The highest BCUT2D eigenvalue weighted by Gasteiger charge is 2.24. The van der Waals surface area contributed by atoms with Crippen LogP contribution in [0.3, 0.4) is 0 Å². The van der Waals surface area contributed by atoms with Gasteiger partial charge in [0.25, 0.3) is 0 Å². The Bertz CT molecular complexity index is 2400. The standard InChI is InChI=1S/C44H33N3/c45-29-34-10-5-7-15-41(34)47(36-12-2-1-3-13-36)42-27-21-33-19-25-38-37(24-18-32-20-26-39(42)44(33)43(32)38)30-16-22-35(23-17-30)46-28-8-11-31-9-4-6-14-40(31)46/h1-7,9-10,12-20,22-26H,8,11,21,27-28H2. The van der Waals surface area contributed by atoms with Crippen molar-refractivity contribution >= 4 is 50.0 Å². The maximum Gasteiger partial charge on any atom is 0.101 e. The minimum atomic E-state index is 0.674. The lowest BCUT2D eigenvalue weighted by Gasteiger charge is -2.32. The molecular formula is C44H33N3. The van der Waals surface area contributed by atoms with Gasteiger partial charge >= 0.3 is 0 Å². The van der Waals surface area contributed by atoms with Crippen molar-refractivity contribution in [2.24, 2.45) is 0 Å². The summed E-state index contributed by atoms with van der Waals surface area (Å²) >= 11 is 0. The summed E-state index contributed by atoms with van der Waals surface area (Å²) in [5, 5.41) is 16.6. The minimum Gasteiger partial charge on any atom is -0.341 e. The van der Waals surface area contributed by atoms with Crippen LogP contribution in [0.15, 0.2) is 140 Å². The molecule has 1 aliphatic heterocycles. The van der Waals surface area contributed by atoms with Crippen molar-refractivity contribution < 1.29 is 0 Å². The van der Waals surface area contributed by atoms with E-state index in [-0.39, 0.29) is 0 Å². The molecule has 0 atom stereocenters. The van der Waals surface area contributed by atoms with E-state index in [1.54, 1.807) is 0 Å². The molecule has 0 N–H and O–H groups in total. The molecule has 1 aliphatic carbocycles. The smallest absolute Gasteiger partial charge is 0.101 e. The molecule has 9 rings (SSSR count). The zero-order valence-electron chi connectivity index (χ0n) is 26.2. The summed E-state index contributed by atoms with van der Waals surface area (Å²) in [4.78, 5) is 4.77. The molecular weight excluding hydrogens is 571 g/mol. The number of para-hydroxylation sites is 3. The highest BCUT2D eigenvalue weighted by Crippen LogP contribution is 2.41. The molecule has 0 saturated heterocycles. The van der Waals surface area contributed by atoms with Crippen LogP contribution in [-0.4, -0.2) is 6.54 Å². The lowest BCUT2D eigenvalue weighted by Crippen LogP contribution is -2.27. The van der Waals surface area contributed by atoms with Gasteiger partial charge in [0.15, 0.2) is 0 Å². The number of nitriles is 1. The number of anilines is 4. The van der Waals surface area contributed by atoms with E-state index in [4.69, 9.17) is 0 Å². The first-order valence-corrected chi connectivity index (χ1v) is 16.6. The highest BCUT2D eigenvalue weighted by atomic mass is 15.2. The normalized spacial score (nSPS) is 13.9. The predicted molar refractivity (Wildman–Crippen MR) is 195 cm³/mol. The van der Waals surface area contributed by atoms with Gasteiger partial charge in [0.1, 0.15) is 6.07 Å². The lowest BCUT2D eigenvalue weighted by atomic mass is 9.85. The second-order valence-corrected chi connectivity index (χ2v) is 12.6. The molecule has 47 heavy (non-hydrogen) atoms. The van der Waals surface area contributed by atoms with Crippen LogP contribution >= 0.6 is 0 Å². The van der Waals surface area contributed by atoms with Gasteiger partial charge in [0, 0.05) is 34.5 Å². The molecule has 0 spiro atoms. The fraction of sp³-hybridized carbons (Fsp3) is 0.114. The van der Waals surface area contributed by atoms with Crippen LogP contribution in [0, 0.1) is 11.3 Å². The predicted octanol–water partition coefficient (Wildman–Crippen LogP) is 10.2. The third-order valence-corrected chi connectivity index (χ3v) is 10.1. The monoisotopic (exact) mass is 603 g/mol. The van der Waals surface area contributed by atoms with Crippen molar-refractivity contribution in [1.29, 1.82) is 5.26 Å².